The standard InChI is InChI=1S/C26H24ClN3O3.C26H24ClN3O2.C23H25BrN2O2.C20H21ClN2O3S.C17H14ClN3O2/c1-32-19-8-3-16(4-9-19)25-24-21(22-15-17(27)5-12-23(22)29-24)13-14-30(25)26(31)28-18-6-10-20(33-2)11-7-18;1-32-20-10-7-18(8-11-20)25-24-21(22-15-19(27)9-12-23(22)29-24)13-14-30(25)26(31)28-16-17-5-3-2-4-6-17;1-14(2)15-4-6-16(7-5-15)23-22-18(10-11-26(23)21(27)13-28-3)19-12-17(24)8-9-20(19)25-22;1-3-27(24,25)23-11-10-16-17-12-14(21)6-9-18(17)22-19(16)20(23)13-4-7-15(26-2)8-5-13;18-11-3-6-15-14(9-11)13-7-8-19-16(17(13)20-15)10-1-4-12(5-2-10)21(22)23/h3-12,15,25,29H,13-14H2,1-2H3,(H,28,31);2-12,15,25,29H,13-14,16H2,1H3,(H,28,31);4-9,12,14,23,25H,10-11,13H2,1-3H3;4-9,12,20,22H,3,10-11H2,1-2H3;1-6,9,16,19-20H,7-8H2. The second kappa shape index (κ2) is 43.7. The Morgan fingerprint density at radius 2 is 0.811 bits per heavy atom. The van der Waals surface area contributed by atoms with Crippen molar-refractivity contribution in [1.29, 1.82) is 0 Å². The molecule has 0 bridgehead atoms. The number of halogens is 5. The molecule has 0 aliphatic carbocycles. The lowest BCUT2D eigenvalue weighted by Gasteiger charge is -2.36. The number of aromatic nitrogens is 5. The minimum atomic E-state index is -3.37. The summed E-state index contributed by atoms with van der Waals surface area (Å²) in [7, 11) is 4.73. The molecular weight excluding hydrogens is 1970 g/mol. The summed E-state index contributed by atoms with van der Waals surface area (Å²) < 4.78 is 54.6. The summed E-state index contributed by atoms with van der Waals surface area (Å²) in [6.45, 7) is 9.83. The van der Waals surface area contributed by atoms with Crippen LogP contribution in [0.4, 0.5) is 21.0 Å². The third-order valence-corrected chi connectivity index (χ3v) is 30.6. The first kappa shape index (κ1) is 99.6. The van der Waals surface area contributed by atoms with Crippen LogP contribution in [0, 0.1) is 10.1 Å². The van der Waals surface area contributed by atoms with Gasteiger partial charge in [0.25, 0.3) is 5.69 Å². The summed E-state index contributed by atoms with van der Waals surface area (Å²) >= 11 is 28.5. The van der Waals surface area contributed by atoms with Crippen molar-refractivity contribution in [3.63, 3.8) is 0 Å². The van der Waals surface area contributed by atoms with E-state index in [1.54, 1.807) is 58.9 Å². The fraction of sp³-hybridized carbons (Fsp3) is 0.241. The van der Waals surface area contributed by atoms with Crippen molar-refractivity contribution >= 4 is 156 Å². The molecule has 0 fully saturated rings. The van der Waals surface area contributed by atoms with Gasteiger partial charge in [0.1, 0.15) is 29.6 Å². The van der Waals surface area contributed by atoms with Crippen molar-refractivity contribution in [2.45, 2.75) is 95.5 Å². The molecule has 0 spiro atoms. The number of nitrogens with zero attached hydrogens (tertiary/aromatic N) is 5. The van der Waals surface area contributed by atoms with Gasteiger partial charge in [-0.1, -0.05) is 179 Å². The number of fused-ring (bicyclic) bond motifs is 15. The molecule has 22 rings (SSSR count). The molecule has 734 valence electrons. The number of non-ortho nitro benzene ring substituents is 1. The lowest BCUT2D eigenvalue weighted by Crippen LogP contribution is -2.45. The Hall–Kier alpha value is -13.6. The number of nitro groups is 1. The number of hydrogen-bond acceptors (Lipinski definition) is 13. The summed E-state index contributed by atoms with van der Waals surface area (Å²) in [5, 5.41) is 28.9. The van der Waals surface area contributed by atoms with Crippen molar-refractivity contribution < 1.29 is 51.4 Å². The van der Waals surface area contributed by atoms with Crippen LogP contribution in [0.15, 0.2) is 271 Å². The molecule has 31 heteroatoms. The lowest BCUT2D eigenvalue weighted by atomic mass is 9.91. The Bertz CT molecular complexity index is 7640. The Labute approximate surface area is 857 Å². The first-order valence-corrected chi connectivity index (χ1v) is 51.3. The number of anilines is 1. The number of carbonyl (C=O) groups is 3. The normalized spacial score (nSPS) is 16.3. The van der Waals surface area contributed by atoms with E-state index in [1.165, 1.54) is 33.2 Å². The molecule has 0 saturated carbocycles. The highest BCUT2D eigenvalue weighted by Crippen LogP contribution is 2.47. The number of methoxy groups -OCH3 is 5. The summed E-state index contributed by atoms with van der Waals surface area (Å²) in [6, 6.07) is 84.3. The molecule has 5 aromatic heterocycles. The Morgan fingerprint density at radius 3 is 1.24 bits per heavy atom. The van der Waals surface area contributed by atoms with Crippen molar-refractivity contribution in [3.8, 4) is 23.0 Å². The first-order valence-electron chi connectivity index (χ1n) is 47.4. The maximum Gasteiger partial charge on any atom is 0.322 e. The number of rotatable bonds is 18. The second-order valence-electron chi connectivity index (χ2n) is 36.0. The molecule has 8 N–H and O–H groups in total. The fourth-order valence-electron chi connectivity index (χ4n) is 20.2. The van der Waals surface area contributed by atoms with Crippen LogP contribution in [-0.2, 0) is 58.2 Å². The smallest absolute Gasteiger partial charge is 0.322 e. The molecule has 17 aromatic rings. The number of hydrogen-bond donors (Lipinski definition) is 8. The lowest BCUT2D eigenvalue weighted by molar-refractivity contribution is -0.384. The van der Waals surface area contributed by atoms with Crippen LogP contribution in [0.25, 0.3) is 54.5 Å². The minimum absolute atomic E-state index is 0.00531. The van der Waals surface area contributed by atoms with E-state index >= 15 is 0 Å². The SMILES string of the molecule is CCS(=O)(=O)N1CCc2c([nH]c3ccc(Cl)cc23)C1c1ccc(OC)cc1.COCC(=O)N1CCc2c([nH]c3ccc(Br)cc23)C1c1ccc(C(C)C)cc1.COc1ccc(C2c3[nH]c4ccc(Cl)cc4c3CCN2C(=O)NCc2ccccc2)cc1.COc1ccc(NC(=O)N2CCc3c([nH]c4ccc(Cl)cc34)C2c2ccc(OC)cc2)cc1.O=[N+]([O-])c1ccc(C2NCCc3c2[nH]c2ccc(Cl)cc32)cc1. The monoisotopic (exact) mass is 2080 g/mol. The molecule has 0 radical (unpaired) electrons. The molecule has 143 heavy (non-hydrogen) atoms. The van der Waals surface area contributed by atoms with Crippen LogP contribution in [0.2, 0.25) is 20.1 Å². The minimum Gasteiger partial charge on any atom is -0.497 e. The summed E-state index contributed by atoms with van der Waals surface area (Å²) in [6.07, 6.45) is 3.92. The number of sulfonamides is 1. The topological polar surface area (TPSA) is 303 Å². The number of nitrogens with one attached hydrogen (secondary N) is 8. The summed E-state index contributed by atoms with van der Waals surface area (Å²) in [4.78, 5) is 73.4. The van der Waals surface area contributed by atoms with E-state index in [9.17, 15) is 32.9 Å². The van der Waals surface area contributed by atoms with Crippen LogP contribution < -0.4 is 34.9 Å². The zero-order chi connectivity index (χ0) is 100. The Morgan fingerprint density at radius 1 is 0.441 bits per heavy atom. The Kier molecular flexibility index (Phi) is 30.4. The van der Waals surface area contributed by atoms with Gasteiger partial charge in [-0.05, 0) is 263 Å². The number of aromatic amines is 5. The van der Waals surface area contributed by atoms with Gasteiger partial charge in [-0.25, -0.2) is 18.0 Å². The molecule has 5 unspecified atom stereocenters. The maximum absolute atomic E-state index is 13.4. The van der Waals surface area contributed by atoms with Crippen molar-refractivity contribution in [2.75, 3.05) is 85.9 Å². The second-order valence-corrected chi connectivity index (χ2v) is 40.9. The van der Waals surface area contributed by atoms with Gasteiger partial charge in [-0.3, -0.25) is 14.9 Å². The quantitative estimate of drug-likeness (QED) is 0.0293. The molecule has 5 amide bonds. The molecule has 12 aromatic carbocycles. The number of benzene rings is 12. The largest absolute Gasteiger partial charge is 0.497 e. The molecule has 5 atom stereocenters. The van der Waals surface area contributed by atoms with Gasteiger partial charge in [-0.15, -0.1) is 0 Å². The van der Waals surface area contributed by atoms with Crippen molar-refractivity contribution in [2.24, 2.45) is 0 Å². The third-order valence-electron chi connectivity index (χ3n) is 27.3. The fourth-order valence-corrected chi connectivity index (χ4v) is 22.5. The zero-order valence-corrected chi connectivity index (χ0v) is 85.4. The van der Waals surface area contributed by atoms with Crippen LogP contribution in [0.3, 0.4) is 0 Å². The van der Waals surface area contributed by atoms with Crippen LogP contribution in [-0.4, -0.2) is 156 Å². The van der Waals surface area contributed by atoms with E-state index in [0.717, 1.165) is 181 Å². The average molecular weight is 2080 g/mol. The van der Waals surface area contributed by atoms with E-state index in [4.69, 9.17) is 70.1 Å². The highest BCUT2D eigenvalue weighted by atomic mass is 79.9. The molecule has 10 heterocycles. The summed E-state index contributed by atoms with van der Waals surface area (Å²) in [5.41, 5.74) is 24.8. The zero-order valence-electron chi connectivity index (χ0n) is 80.0. The predicted octanol–water partition coefficient (Wildman–Crippen LogP) is 25.0. The number of H-pyrrole nitrogens is 5. The van der Waals surface area contributed by atoms with Gasteiger partial charge < -0.3 is 79.3 Å². The highest BCUT2D eigenvalue weighted by Gasteiger charge is 2.41. The molecule has 25 nitrogen and oxygen atoms in total. The number of amides is 5. The molecule has 0 saturated heterocycles. The van der Waals surface area contributed by atoms with Gasteiger partial charge in [0.05, 0.1) is 69.3 Å². The van der Waals surface area contributed by atoms with Crippen LogP contribution in [0.5, 0.6) is 23.0 Å². The first-order chi connectivity index (χ1) is 69.3. The average Bonchev–Trinajstić information content (AvgIpc) is 1.63. The molecule has 5 aliphatic heterocycles. The van der Waals surface area contributed by atoms with E-state index in [0.29, 0.717) is 65.8 Å². The Balaban J connectivity index is 0.000000118. The molecule has 5 aliphatic rings. The van der Waals surface area contributed by atoms with Gasteiger partial charge in [0.2, 0.25) is 15.9 Å². The molecular formula is C112H108BrCl4N13O12S. The predicted molar refractivity (Wildman–Crippen MR) is 571 cm³/mol. The van der Waals surface area contributed by atoms with Crippen LogP contribution >= 0.6 is 62.3 Å². The van der Waals surface area contributed by atoms with Crippen LogP contribution in [0.1, 0.15) is 152 Å². The van der Waals surface area contributed by atoms with Gasteiger partial charge in [0.15, 0.2) is 0 Å². The number of nitro benzene ring substituents is 1. The van der Waals surface area contributed by atoms with E-state index in [1.807, 2.05) is 233 Å². The summed E-state index contributed by atoms with van der Waals surface area (Å²) in [5.74, 6) is 3.60. The number of ether oxygens (including phenoxy) is 5. The van der Waals surface area contributed by atoms with Gasteiger partial charge in [0, 0.05) is 172 Å². The van der Waals surface area contributed by atoms with Crippen molar-refractivity contribution in [1.82, 2.24) is 54.6 Å². The number of urea groups is 2. The van der Waals surface area contributed by atoms with E-state index in [2.05, 4.69) is 107 Å². The number of carbonyl (C=O) groups excluding carboxylic acids is 3. The van der Waals surface area contributed by atoms with Gasteiger partial charge >= 0.3 is 12.1 Å². The van der Waals surface area contributed by atoms with Crippen molar-refractivity contribution in [3.05, 3.63) is 397 Å². The highest BCUT2D eigenvalue weighted by molar-refractivity contribution is 9.10. The third kappa shape index (κ3) is 21.3. The van der Waals surface area contributed by atoms with E-state index in [-0.39, 0.29) is 65.1 Å². The van der Waals surface area contributed by atoms with Gasteiger partial charge in [-0.2, -0.15) is 4.31 Å². The maximum atomic E-state index is 13.4. The van der Waals surface area contributed by atoms with E-state index < -0.39 is 16.1 Å².